The van der Waals surface area contributed by atoms with Gasteiger partial charge in [-0.05, 0) is 55.7 Å². The molecule has 1 aromatic heterocycles. The number of aromatic nitrogens is 1. The molecule has 1 fully saturated rings. The van der Waals surface area contributed by atoms with Gasteiger partial charge in [0, 0.05) is 37.6 Å². The van der Waals surface area contributed by atoms with E-state index in [1.807, 2.05) is 37.4 Å². The van der Waals surface area contributed by atoms with Gasteiger partial charge in [0.1, 0.15) is 5.82 Å². The predicted octanol–water partition coefficient (Wildman–Crippen LogP) is 3.29. The first kappa shape index (κ1) is 15.0. The van der Waals surface area contributed by atoms with Crippen LogP contribution in [-0.2, 0) is 6.54 Å². The summed E-state index contributed by atoms with van der Waals surface area (Å²) in [5.74, 6) is -0.159. The van der Waals surface area contributed by atoms with Gasteiger partial charge in [0.25, 0.3) is 0 Å². The van der Waals surface area contributed by atoms with Crippen LogP contribution in [-0.4, -0.2) is 24.1 Å². The van der Waals surface area contributed by atoms with Crippen molar-refractivity contribution in [3.8, 4) is 0 Å². The van der Waals surface area contributed by atoms with Crippen molar-refractivity contribution in [2.45, 2.75) is 32.4 Å². The minimum atomic E-state index is -0.159. The molecule has 0 aliphatic carbocycles. The van der Waals surface area contributed by atoms with Gasteiger partial charge in [0.15, 0.2) is 0 Å². The Morgan fingerprint density at radius 2 is 2.05 bits per heavy atom. The molecule has 2 aromatic rings. The van der Waals surface area contributed by atoms with Gasteiger partial charge in [-0.15, -0.1) is 0 Å². The summed E-state index contributed by atoms with van der Waals surface area (Å²) < 4.78 is 13.2. The minimum Gasteiger partial charge on any atom is -0.371 e. The van der Waals surface area contributed by atoms with Gasteiger partial charge in [-0.25, -0.2) is 4.39 Å². The van der Waals surface area contributed by atoms with Crippen LogP contribution in [0.25, 0.3) is 0 Å². The third-order valence-electron chi connectivity index (χ3n) is 4.29. The standard InChI is InChI=1S/C18H22FN3/c1-14-12-15(19)5-6-18(14)22-10-7-16(8-11-22)21-13-17-4-2-3-9-20-17/h2-6,9,12,16,21H,7-8,10-11,13H2,1H3. The fourth-order valence-electron chi connectivity index (χ4n) is 3.05. The Balaban J connectivity index is 1.52. The molecule has 0 amide bonds. The lowest BCUT2D eigenvalue weighted by molar-refractivity contribution is 0.412. The van der Waals surface area contributed by atoms with Crippen LogP contribution in [0.5, 0.6) is 0 Å². The normalized spacial score (nSPS) is 16.0. The van der Waals surface area contributed by atoms with Gasteiger partial charge in [-0.1, -0.05) is 6.07 Å². The molecular formula is C18H22FN3. The van der Waals surface area contributed by atoms with Crippen molar-refractivity contribution in [3.05, 3.63) is 59.7 Å². The van der Waals surface area contributed by atoms with Crippen molar-refractivity contribution in [1.82, 2.24) is 10.3 Å². The quantitative estimate of drug-likeness (QED) is 0.939. The van der Waals surface area contributed by atoms with Crippen molar-refractivity contribution >= 4 is 5.69 Å². The summed E-state index contributed by atoms with van der Waals surface area (Å²) in [6, 6.07) is 11.6. The van der Waals surface area contributed by atoms with Gasteiger partial charge >= 0.3 is 0 Å². The summed E-state index contributed by atoms with van der Waals surface area (Å²) in [4.78, 5) is 6.69. The van der Waals surface area contributed by atoms with Crippen LogP contribution in [0.3, 0.4) is 0 Å². The largest absolute Gasteiger partial charge is 0.371 e. The molecule has 1 aromatic carbocycles. The van der Waals surface area contributed by atoms with Crippen LogP contribution in [0.2, 0.25) is 0 Å². The molecule has 22 heavy (non-hydrogen) atoms. The third-order valence-corrected chi connectivity index (χ3v) is 4.29. The topological polar surface area (TPSA) is 28.2 Å². The molecular weight excluding hydrogens is 277 g/mol. The van der Waals surface area contributed by atoms with Crippen LogP contribution in [0.15, 0.2) is 42.6 Å². The molecule has 1 aliphatic heterocycles. The Morgan fingerprint density at radius 1 is 1.23 bits per heavy atom. The van der Waals surface area contributed by atoms with Crippen molar-refractivity contribution in [1.29, 1.82) is 0 Å². The number of anilines is 1. The zero-order valence-corrected chi connectivity index (χ0v) is 12.9. The van der Waals surface area contributed by atoms with E-state index >= 15 is 0 Å². The molecule has 0 radical (unpaired) electrons. The van der Waals surface area contributed by atoms with Crippen molar-refractivity contribution in [2.24, 2.45) is 0 Å². The zero-order chi connectivity index (χ0) is 15.4. The first-order chi connectivity index (χ1) is 10.7. The smallest absolute Gasteiger partial charge is 0.123 e. The summed E-state index contributed by atoms with van der Waals surface area (Å²) in [6.45, 7) is 4.81. The van der Waals surface area contributed by atoms with E-state index in [4.69, 9.17) is 0 Å². The molecule has 1 saturated heterocycles. The molecule has 0 unspecified atom stereocenters. The predicted molar refractivity (Wildman–Crippen MR) is 87.4 cm³/mol. The summed E-state index contributed by atoms with van der Waals surface area (Å²) in [5, 5.41) is 3.58. The van der Waals surface area contributed by atoms with Crippen LogP contribution < -0.4 is 10.2 Å². The number of halogens is 1. The van der Waals surface area contributed by atoms with Gasteiger partial charge in [0.2, 0.25) is 0 Å². The average Bonchev–Trinajstić information content (AvgIpc) is 2.55. The van der Waals surface area contributed by atoms with E-state index in [1.54, 1.807) is 12.1 Å². The molecule has 0 atom stereocenters. The summed E-state index contributed by atoms with van der Waals surface area (Å²) >= 11 is 0. The highest BCUT2D eigenvalue weighted by molar-refractivity contribution is 5.53. The second-order valence-electron chi connectivity index (χ2n) is 5.89. The molecule has 0 spiro atoms. The molecule has 3 nitrogen and oxygen atoms in total. The van der Waals surface area contributed by atoms with E-state index in [1.165, 1.54) is 0 Å². The maximum Gasteiger partial charge on any atom is 0.123 e. The van der Waals surface area contributed by atoms with E-state index in [-0.39, 0.29) is 5.82 Å². The maximum atomic E-state index is 13.2. The summed E-state index contributed by atoms with van der Waals surface area (Å²) in [5.41, 5.74) is 3.25. The van der Waals surface area contributed by atoms with E-state index < -0.39 is 0 Å². The molecule has 0 saturated carbocycles. The Bertz CT molecular complexity index is 607. The van der Waals surface area contributed by atoms with Crippen molar-refractivity contribution in [2.75, 3.05) is 18.0 Å². The number of rotatable bonds is 4. The van der Waals surface area contributed by atoms with Crippen molar-refractivity contribution in [3.63, 3.8) is 0 Å². The lowest BCUT2D eigenvalue weighted by Crippen LogP contribution is -2.42. The third kappa shape index (κ3) is 3.63. The molecule has 2 heterocycles. The summed E-state index contributed by atoms with van der Waals surface area (Å²) in [6.07, 6.45) is 4.03. The molecule has 3 rings (SSSR count). The number of nitrogens with zero attached hydrogens (tertiary/aromatic N) is 2. The first-order valence-electron chi connectivity index (χ1n) is 7.87. The van der Waals surface area contributed by atoms with Gasteiger partial charge < -0.3 is 10.2 Å². The van der Waals surface area contributed by atoms with Gasteiger partial charge in [0.05, 0.1) is 5.69 Å². The number of hydrogen-bond acceptors (Lipinski definition) is 3. The van der Waals surface area contributed by atoms with Gasteiger partial charge in [-0.2, -0.15) is 0 Å². The Morgan fingerprint density at radius 3 is 2.73 bits per heavy atom. The van der Waals surface area contributed by atoms with E-state index in [2.05, 4.69) is 15.2 Å². The maximum absolute atomic E-state index is 13.2. The number of benzene rings is 1. The number of pyridine rings is 1. The van der Waals surface area contributed by atoms with E-state index in [0.717, 1.165) is 49.4 Å². The van der Waals surface area contributed by atoms with E-state index in [0.29, 0.717) is 6.04 Å². The number of hydrogen-bond donors (Lipinski definition) is 1. The highest BCUT2D eigenvalue weighted by Crippen LogP contribution is 2.24. The van der Waals surface area contributed by atoms with Crippen molar-refractivity contribution < 1.29 is 4.39 Å². The Labute approximate surface area is 131 Å². The first-order valence-corrected chi connectivity index (χ1v) is 7.87. The molecule has 1 N–H and O–H groups in total. The molecule has 4 heteroatoms. The fraction of sp³-hybridized carbons (Fsp3) is 0.389. The highest BCUT2D eigenvalue weighted by atomic mass is 19.1. The Kier molecular flexibility index (Phi) is 4.68. The average molecular weight is 299 g/mol. The monoisotopic (exact) mass is 299 g/mol. The van der Waals surface area contributed by atoms with Crippen LogP contribution in [0.1, 0.15) is 24.1 Å². The van der Waals surface area contributed by atoms with Gasteiger partial charge in [-0.3, -0.25) is 4.98 Å². The molecule has 0 bridgehead atoms. The number of aryl methyl sites for hydroxylation is 1. The fourth-order valence-corrected chi connectivity index (χ4v) is 3.05. The SMILES string of the molecule is Cc1cc(F)ccc1N1CCC(NCc2ccccn2)CC1. The minimum absolute atomic E-state index is 0.159. The summed E-state index contributed by atoms with van der Waals surface area (Å²) in [7, 11) is 0. The van der Waals surface area contributed by atoms with Crippen LogP contribution >= 0.6 is 0 Å². The number of piperidine rings is 1. The molecule has 116 valence electrons. The zero-order valence-electron chi connectivity index (χ0n) is 12.9. The second kappa shape index (κ2) is 6.88. The van der Waals surface area contributed by atoms with E-state index in [9.17, 15) is 4.39 Å². The van der Waals surface area contributed by atoms with Crippen LogP contribution in [0.4, 0.5) is 10.1 Å². The highest BCUT2D eigenvalue weighted by Gasteiger charge is 2.20. The second-order valence-corrected chi connectivity index (χ2v) is 5.89. The lowest BCUT2D eigenvalue weighted by atomic mass is 10.0. The Hall–Kier alpha value is -1.94. The molecule has 1 aliphatic rings. The lowest BCUT2D eigenvalue weighted by Gasteiger charge is -2.35. The number of nitrogens with one attached hydrogen (secondary N) is 1. The van der Waals surface area contributed by atoms with Crippen LogP contribution in [0, 0.1) is 12.7 Å².